The molecular formula is C21H16N2O2S. The van der Waals surface area contributed by atoms with Crippen molar-refractivity contribution in [2.24, 2.45) is 5.14 Å². The molecule has 0 fully saturated rings. The van der Waals surface area contributed by atoms with Gasteiger partial charge >= 0.3 is 0 Å². The Hall–Kier alpha value is -3.02. The summed E-state index contributed by atoms with van der Waals surface area (Å²) in [6.45, 7) is 0. The van der Waals surface area contributed by atoms with Gasteiger partial charge in [0.15, 0.2) is 0 Å². The van der Waals surface area contributed by atoms with E-state index in [0.717, 1.165) is 33.2 Å². The Kier molecular flexibility index (Phi) is 4.03. The number of aromatic nitrogens is 1. The smallest absolute Gasteiger partial charge is 0.238 e. The van der Waals surface area contributed by atoms with Crippen molar-refractivity contribution in [1.82, 2.24) is 4.98 Å². The number of rotatable bonds is 3. The van der Waals surface area contributed by atoms with Crippen molar-refractivity contribution in [1.29, 1.82) is 0 Å². The van der Waals surface area contributed by atoms with Crippen LogP contribution in [0.3, 0.4) is 0 Å². The average Bonchev–Trinajstić information content (AvgIpc) is 2.67. The van der Waals surface area contributed by atoms with E-state index < -0.39 is 10.0 Å². The van der Waals surface area contributed by atoms with E-state index in [2.05, 4.69) is 29.2 Å². The van der Waals surface area contributed by atoms with E-state index >= 15 is 0 Å². The van der Waals surface area contributed by atoms with Crippen molar-refractivity contribution in [2.75, 3.05) is 0 Å². The van der Waals surface area contributed by atoms with Crippen LogP contribution in [0.1, 0.15) is 0 Å². The van der Waals surface area contributed by atoms with Gasteiger partial charge in [0.25, 0.3) is 0 Å². The molecule has 4 nitrogen and oxygen atoms in total. The normalized spacial score (nSPS) is 11.6. The van der Waals surface area contributed by atoms with Gasteiger partial charge < -0.3 is 0 Å². The standard InChI is InChI=1S/C21H16N2O2S/c22-26(24,25)18-12-10-16(11-13-18)15-6-8-17(9-7-15)19-3-1-5-21-20(19)4-2-14-23-21/h1-14H,(H2,22,24,25). The highest BCUT2D eigenvalue weighted by atomic mass is 32.2. The number of nitrogens with two attached hydrogens (primary N) is 1. The van der Waals surface area contributed by atoms with Crippen LogP contribution in [0.15, 0.2) is 90.0 Å². The molecule has 0 bridgehead atoms. The summed E-state index contributed by atoms with van der Waals surface area (Å²) < 4.78 is 22.7. The van der Waals surface area contributed by atoms with Crippen LogP contribution in [-0.2, 0) is 10.0 Å². The summed E-state index contributed by atoms with van der Waals surface area (Å²) in [5.74, 6) is 0. The fraction of sp³-hybridized carbons (Fsp3) is 0. The Morgan fingerprint density at radius 3 is 1.96 bits per heavy atom. The number of pyridine rings is 1. The lowest BCUT2D eigenvalue weighted by Crippen LogP contribution is -2.11. The molecular weight excluding hydrogens is 344 g/mol. The van der Waals surface area contributed by atoms with Gasteiger partial charge in [-0.3, -0.25) is 4.98 Å². The highest BCUT2D eigenvalue weighted by Gasteiger charge is 2.08. The van der Waals surface area contributed by atoms with E-state index in [1.807, 2.05) is 30.3 Å². The Bertz CT molecular complexity index is 1180. The van der Waals surface area contributed by atoms with Gasteiger partial charge in [0.1, 0.15) is 0 Å². The maximum absolute atomic E-state index is 11.4. The summed E-state index contributed by atoms with van der Waals surface area (Å²) in [4.78, 5) is 4.51. The zero-order chi connectivity index (χ0) is 18.1. The second kappa shape index (κ2) is 6.37. The molecule has 26 heavy (non-hydrogen) atoms. The molecule has 0 saturated carbocycles. The zero-order valence-corrected chi connectivity index (χ0v) is 14.6. The summed E-state index contributed by atoms with van der Waals surface area (Å²) in [5.41, 5.74) is 5.14. The van der Waals surface area contributed by atoms with E-state index in [-0.39, 0.29) is 4.90 Å². The number of benzene rings is 3. The summed E-state index contributed by atoms with van der Waals surface area (Å²) in [5, 5.41) is 6.25. The average molecular weight is 360 g/mol. The Morgan fingerprint density at radius 2 is 1.31 bits per heavy atom. The topological polar surface area (TPSA) is 73.1 Å². The van der Waals surface area contributed by atoms with E-state index in [1.165, 1.54) is 12.1 Å². The third kappa shape index (κ3) is 3.10. The van der Waals surface area contributed by atoms with Gasteiger partial charge in [-0.2, -0.15) is 0 Å². The minimum Gasteiger partial charge on any atom is -0.256 e. The summed E-state index contributed by atoms with van der Waals surface area (Å²) in [7, 11) is -3.67. The second-order valence-corrected chi connectivity index (χ2v) is 7.58. The molecule has 0 saturated heterocycles. The van der Waals surface area contributed by atoms with Crippen molar-refractivity contribution in [2.45, 2.75) is 4.90 Å². The predicted octanol–water partition coefficient (Wildman–Crippen LogP) is 4.22. The molecule has 4 rings (SSSR count). The number of hydrogen-bond donors (Lipinski definition) is 1. The molecule has 0 aliphatic carbocycles. The third-order valence-electron chi connectivity index (χ3n) is 4.36. The molecule has 3 aromatic carbocycles. The lowest BCUT2D eigenvalue weighted by molar-refractivity contribution is 0.598. The van der Waals surface area contributed by atoms with E-state index in [4.69, 9.17) is 5.14 Å². The molecule has 128 valence electrons. The van der Waals surface area contributed by atoms with Gasteiger partial charge in [0.05, 0.1) is 10.4 Å². The molecule has 0 radical (unpaired) electrons. The van der Waals surface area contributed by atoms with Crippen LogP contribution in [0.25, 0.3) is 33.2 Å². The van der Waals surface area contributed by atoms with Crippen molar-refractivity contribution in [3.8, 4) is 22.3 Å². The largest absolute Gasteiger partial charge is 0.256 e. The van der Waals surface area contributed by atoms with Crippen LogP contribution in [0.2, 0.25) is 0 Å². The van der Waals surface area contributed by atoms with Crippen molar-refractivity contribution in [3.63, 3.8) is 0 Å². The highest BCUT2D eigenvalue weighted by molar-refractivity contribution is 7.89. The van der Waals surface area contributed by atoms with Gasteiger partial charge in [0, 0.05) is 11.6 Å². The summed E-state index contributed by atoms with van der Waals surface area (Å²) in [6.07, 6.45) is 1.79. The first kappa shape index (κ1) is 16.4. The number of nitrogens with zero attached hydrogens (tertiary/aromatic N) is 1. The molecule has 0 aliphatic heterocycles. The van der Waals surface area contributed by atoms with Crippen LogP contribution < -0.4 is 5.14 Å². The molecule has 4 aromatic rings. The fourth-order valence-corrected chi connectivity index (χ4v) is 3.55. The Morgan fingerprint density at radius 1 is 0.692 bits per heavy atom. The Labute approximate surface area is 152 Å². The van der Waals surface area contributed by atoms with E-state index in [9.17, 15) is 8.42 Å². The Balaban J connectivity index is 1.71. The second-order valence-electron chi connectivity index (χ2n) is 6.02. The zero-order valence-electron chi connectivity index (χ0n) is 13.8. The molecule has 0 atom stereocenters. The molecule has 1 heterocycles. The fourth-order valence-electron chi connectivity index (χ4n) is 3.03. The molecule has 0 aliphatic rings. The predicted molar refractivity (Wildman–Crippen MR) is 104 cm³/mol. The summed E-state index contributed by atoms with van der Waals surface area (Å²) in [6, 6.07) is 24.8. The first-order chi connectivity index (χ1) is 12.5. The molecule has 0 amide bonds. The van der Waals surface area contributed by atoms with Crippen LogP contribution >= 0.6 is 0 Å². The lowest BCUT2D eigenvalue weighted by Gasteiger charge is -2.08. The number of primary sulfonamides is 1. The number of hydrogen-bond acceptors (Lipinski definition) is 3. The van der Waals surface area contributed by atoms with Crippen LogP contribution in [0.4, 0.5) is 0 Å². The van der Waals surface area contributed by atoms with E-state index in [1.54, 1.807) is 18.3 Å². The molecule has 0 unspecified atom stereocenters. The molecule has 0 spiro atoms. The van der Waals surface area contributed by atoms with Crippen molar-refractivity contribution >= 4 is 20.9 Å². The minimum atomic E-state index is -3.67. The van der Waals surface area contributed by atoms with Crippen LogP contribution in [0.5, 0.6) is 0 Å². The monoisotopic (exact) mass is 360 g/mol. The maximum atomic E-state index is 11.4. The van der Waals surface area contributed by atoms with Crippen LogP contribution in [-0.4, -0.2) is 13.4 Å². The van der Waals surface area contributed by atoms with Gasteiger partial charge in [-0.05, 0) is 46.5 Å². The summed E-state index contributed by atoms with van der Waals surface area (Å²) >= 11 is 0. The maximum Gasteiger partial charge on any atom is 0.238 e. The van der Waals surface area contributed by atoms with Gasteiger partial charge in [0.2, 0.25) is 10.0 Å². The van der Waals surface area contributed by atoms with Crippen LogP contribution in [0, 0.1) is 0 Å². The number of fused-ring (bicyclic) bond motifs is 1. The van der Waals surface area contributed by atoms with Crippen molar-refractivity contribution < 1.29 is 8.42 Å². The molecule has 5 heteroatoms. The van der Waals surface area contributed by atoms with E-state index in [0.29, 0.717) is 0 Å². The first-order valence-corrected chi connectivity index (χ1v) is 9.64. The van der Waals surface area contributed by atoms with Gasteiger partial charge in [-0.1, -0.05) is 54.6 Å². The first-order valence-electron chi connectivity index (χ1n) is 8.10. The lowest BCUT2D eigenvalue weighted by atomic mass is 9.98. The minimum absolute atomic E-state index is 0.112. The highest BCUT2D eigenvalue weighted by Crippen LogP contribution is 2.30. The third-order valence-corrected chi connectivity index (χ3v) is 5.29. The van der Waals surface area contributed by atoms with Gasteiger partial charge in [-0.25, -0.2) is 13.6 Å². The molecule has 1 aromatic heterocycles. The number of sulfonamides is 1. The quantitative estimate of drug-likeness (QED) is 0.594. The van der Waals surface area contributed by atoms with Crippen molar-refractivity contribution in [3.05, 3.63) is 85.1 Å². The molecule has 2 N–H and O–H groups in total. The SMILES string of the molecule is NS(=O)(=O)c1ccc(-c2ccc(-c3cccc4ncccc34)cc2)cc1. The van der Waals surface area contributed by atoms with Gasteiger partial charge in [-0.15, -0.1) is 0 Å².